The zero-order valence-corrected chi connectivity index (χ0v) is 17.5. The number of benzene rings is 1. The molecule has 1 aliphatic rings. The highest BCUT2D eigenvalue weighted by atomic mass is 127. The predicted octanol–water partition coefficient (Wildman–Crippen LogP) is 2.90. The number of guanidine groups is 1. The third-order valence-electron chi connectivity index (χ3n) is 4.41. The van der Waals surface area contributed by atoms with Crippen LogP contribution in [-0.4, -0.2) is 44.2 Å². The number of nitrogens with two attached hydrogens (primary N) is 1. The first-order valence-electron chi connectivity index (χ1n) is 8.28. The SMILES string of the molecule is CCC(CS(=O)(=O)c1ccccc1)N=C(N)N1CCC(C)CC1.I. The molecule has 0 saturated carbocycles. The Morgan fingerprint density at radius 1 is 1.29 bits per heavy atom. The third-order valence-corrected chi connectivity index (χ3v) is 6.22. The van der Waals surface area contributed by atoms with Crippen LogP contribution >= 0.6 is 24.0 Å². The number of likely N-dealkylation sites (tertiary alicyclic amines) is 1. The van der Waals surface area contributed by atoms with E-state index in [1.807, 2.05) is 13.0 Å². The molecule has 2 N–H and O–H groups in total. The van der Waals surface area contributed by atoms with Crippen molar-refractivity contribution in [2.45, 2.75) is 44.0 Å². The summed E-state index contributed by atoms with van der Waals surface area (Å²) in [5.74, 6) is 1.20. The van der Waals surface area contributed by atoms with Gasteiger partial charge in [0, 0.05) is 13.1 Å². The van der Waals surface area contributed by atoms with Crippen molar-refractivity contribution in [2.75, 3.05) is 18.8 Å². The molecule has 1 aromatic carbocycles. The Morgan fingerprint density at radius 3 is 2.42 bits per heavy atom. The van der Waals surface area contributed by atoms with Crippen molar-refractivity contribution in [3.63, 3.8) is 0 Å². The largest absolute Gasteiger partial charge is 0.370 e. The summed E-state index contributed by atoms with van der Waals surface area (Å²) in [5, 5.41) is 0. The second-order valence-corrected chi connectivity index (χ2v) is 8.35. The topological polar surface area (TPSA) is 75.8 Å². The van der Waals surface area contributed by atoms with Crippen molar-refractivity contribution >= 4 is 39.8 Å². The molecule has 136 valence electrons. The minimum atomic E-state index is -3.34. The van der Waals surface area contributed by atoms with Gasteiger partial charge in [-0.15, -0.1) is 24.0 Å². The molecular formula is C17H28IN3O2S. The van der Waals surface area contributed by atoms with Crippen LogP contribution in [0, 0.1) is 5.92 Å². The minimum Gasteiger partial charge on any atom is -0.370 e. The van der Waals surface area contributed by atoms with Gasteiger partial charge in [-0.25, -0.2) is 13.4 Å². The van der Waals surface area contributed by atoms with Gasteiger partial charge in [0.1, 0.15) is 0 Å². The van der Waals surface area contributed by atoms with Crippen LogP contribution in [0.15, 0.2) is 40.2 Å². The molecule has 0 spiro atoms. The summed E-state index contributed by atoms with van der Waals surface area (Å²) >= 11 is 0. The first-order valence-corrected chi connectivity index (χ1v) is 9.93. The maximum Gasteiger partial charge on any atom is 0.191 e. The lowest BCUT2D eigenvalue weighted by Crippen LogP contribution is -2.43. The van der Waals surface area contributed by atoms with E-state index in [2.05, 4.69) is 16.8 Å². The van der Waals surface area contributed by atoms with E-state index < -0.39 is 9.84 Å². The fourth-order valence-electron chi connectivity index (χ4n) is 2.73. The third kappa shape index (κ3) is 5.91. The predicted molar refractivity (Wildman–Crippen MR) is 110 cm³/mol. The van der Waals surface area contributed by atoms with E-state index in [0.29, 0.717) is 17.3 Å². The molecule has 1 fully saturated rings. The fraction of sp³-hybridized carbons (Fsp3) is 0.588. The number of rotatable bonds is 5. The Labute approximate surface area is 162 Å². The maximum atomic E-state index is 12.5. The van der Waals surface area contributed by atoms with Gasteiger partial charge in [0.05, 0.1) is 16.7 Å². The first-order chi connectivity index (χ1) is 10.9. The van der Waals surface area contributed by atoms with Crippen LogP contribution in [0.3, 0.4) is 0 Å². The number of sulfone groups is 1. The summed E-state index contributed by atoms with van der Waals surface area (Å²) in [6, 6.07) is 8.23. The van der Waals surface area contributed by atoms with E-state index in [-0.39, 0.29) is 35.8 Å². The van der Waals surface area contributed by atoms with Gasteiger partial charge in [-0.2, -0.15) is 0 Å². The fourth-order valence-corrected chi connectivity index (χ4v) is 4.31. The number of hydrogen-bond acceptors (Lipinski definition) is 3. The number of halogens is 1. The molecule has 1 heterocycles. The monoisotopic (exact) mass is 465 g/mol. The molecule has 2 rings (SSSR count). The summed E-state index contributed by atoms with van der Waals surface area (Å²) in [4.78, 5) is 6.91. The molecule has 1 saturated heterocycles. The lowest BCUT2D eigenvalue weighted by Gasteiger charge is -2.31. The summed E-state index contributed by atoms with van der Waals surface area (Å²) in [5.41, 5.74) is 6.11. The molecule has 0 bridgehead atoms. The van der Waals surface area contributed by atoms with Crippen molar-refractivity contribution in [3.05, 3.63) is 30.3 Å². The second kappa shape index (κ2) is 9.60. The van der Waals surface area contributed by atoms with Crippen LogP contribution in [-0.2, 0) is 9.84 Å². The standard InChI is InChI=1S/C17H27N3O2S.HI/c1-3-15(13-23(21,22)16-7-5-4-6-8-16)19-17(18)20-11-9-14(2)10-12-20;/h4-8,14-15H,3,9-13H2,1-2H3,(H2,18,19);1H. The maximum absolute atomic E-state index is 12.5. The normalized spacial score (nSPS) is 18.1. The molecule has 0 aromatic heterocycles. The second-order valence-electron chi connectivity index (χ2n) is 6.31. The van der Waals surface area contributed by atoms with Crippen molar-refractivity contribution in [2.24, 2.45) is 16.6 Å². The molecule has 7 heteroatoms. The van der Waals surface area contributed by atoms with Crippen LogP contribution in [0.1, 0.15) is 33.1 Å². The van der Waals surface area contributed by atoms with Crippen molar-refractivity contribution in [3.8, 4) is 0 Å². The summed E-state index contributed by atoms with van der Waals surface area (Å²) in [6.45, 7) is 5.99. The highest BCUT2D eigenvalue weighted by molar-refractivity contribution is 14.0. The van der Waals surface area contributed by atoms with Crippen LogP contribution in [0.25, 0.3) is 0 Å². The van der Waals surface area contributed by atoms with Crippen LogP contribution in [0.4, 0.5) is 0 Å². The Bertz CT molecular complexity index is 626. The lowest BCUT2D eigenvalue weighted by atomic mass is 10.00. The van der Waals surface area contributed by atoms with Crippen LogP contribution < -0.4 is 5.73 Å². The molecule has 1 atom stereocenters. The molecule has 24 heavy (non-hydrogen) atoms. The quantitative estimate of drug-likeness (QED) is 0.412. The highest BCUT2D eigenvalue weighted by Crippen LogP contribution is 2.17. The molecule has 0 amide bonds. The van der Waals surface area contributed by atoms with Crippen LogP contribution in [0.2, 0.25) is 0 Å². The summed E-state index contributed by atoms with van der Waals surface area (Å²) in [7, 11) is -3.34. The van der Waals surface area contributed by atoms with E-state index in [1.165, 1.54) is 0 Å². The van der Waals surface area contributed by atoms with Gasteiger partial charge in [0.25, 0.3) is 0 Å². The smallest absolute Gasteiger partial charge is 0.191 e. The van der Waals surface area contributed by atoms with Crippen molar-refractivity contribution < 1.29 is 8.42 Å². The highest BCUT2D eigenvalue weighted by Gasteiger charge is 2.22. The number of nitrogens with zero attached hydrogens (tertiary/aromatic N) is 2. The summed E-state index contributed by atoms with van der Waals surface area (Å²) < 4.78 is 25.0. The van der Waals surface area contributed by atoms with E-state index >= 15 is 0 Å². The number of aliphatic imine (C=N–C) groups is 1. The molecule has 5 nitrogen and oxygen atoms in total. The van der Waals surface area contributed by atoms with Crippen molar-refractivity contribution in [1.29, 1.82) is 0 Å². The molecular weight excluding hydrogens is 437 g/mol. The van der Waals surface area contributed by atoms with Gasteiger partial charge in [0.15, 0.2) is 15.8 Å². The van der Waals surface area contributed by atoms with Crippen molar-refractivity contribution in [1.82, 2.24) is 4.90 Å². The van der Waals surface area contributed by atoms with Gasteiger partial charge >= 0.3 is 0 Å². The average molecular weight is 465 g/mol. The van der Waals surface area contributed by atoms with Gasteiger partial charge in [0.2, 0.25) is 0 Å². The van der Waals surface area contributed by atoms with Crippen LogP contribution in [0.5, 0.6) is 0 Å². The number of piperidine rings is 1. The number of hydrogen-bond donors (Lipinski definition) is 1. The Balaban J connectivity index is 0.00000288. The van der Waals surface area contributed by atoms with Gasteiger partial charge in [-0.1, -0.05) is 32.0 Å². The minimum absolute atomic E-state index is 0. The molecule has 1 aliphatic heterocycles. The van der Waals surface area contributed by atoms with Gasteiger partial charge in [-0.05, 0) is 37.3 Å². The molecule has 0 aliphatic carbocycles. The Kier molecular flexibility index (Phi) is 8.49. The molecule has 1 unspecified atom stereocenters. The first kappa shape index (κ1) is 21.2. The molecule has 1 aromatic rings. The van der Waals surface area contributed by atoms with E-state index in [9.17, 15) is 8.42 Å². The van der Waals surface area contributed by atoms with E-state index in [1.54, 1.807) is 24.3 Å². The average Bonchev–Trinajstić information content (AvgIpc) is 2.55. The zero-order valence-electron chi connectivity index (χ0n) is 14.4. The van der Waals surface area contributed by atoms with Gasteiger partial charge < -0.3 is 10.6 Å². The lowest BCUT2D eigenvalue weighted by molar-refractivity contribution is 0.277. The molecule has 0 radical (unpaired) electrons. The van der Waals surface area contributed by atoms with E-state index in [4.69, 9.17) is 5.73 Å². The summed E-state index contributed by atoms with van der Waals surface area (Å²) in [6.07, 6.45) is 2.86. The zero-order chi connectivity index (χ0) is 16.9. The van der Waals surface area contributed by atoms with E-state index in [0.717, 1.165) is 31.8 Å². The Hall–Kier alpha value is -0.830. The van der Waals surface area contributed by atoms with Gasteiger partial charge in [-0.3, -0.25) is 0 Å². The Morgan fingerprint density at radius 2 is 1.88 bits per heavy atom.